The van der Waals surface area contributed by atoms with Gasteiger partial charge >= 0.3 is 22.3 Å². The number of amides is 1. The lowest BCUT2D eigenvalue weighted by atomic mass is 10.2. The van der Waals surface area contributed by atoms with Crippen LogP contribution in [-0.2, 0) is 14.9 Å². The molecule has 1 amide bonds. The van der Waals surface area contributed by atoms with Crippen LogP contribution in [0.4, 0.5) is 10.5 Å². The van der Waals surface area contributed by atoms with Crippen molar-refractivity contribution in [2.24, 2.45) is 5.14 Å². The number of carbonyl (C=O) groups is 2. The Hall–Kier alpha value is -2.13. The molecule has 8 nitrogen and oxygen atoms in total. The minimum atomic E-state index is -4.41. The first-order valence-corrected chi connectivity index (χ1v) is 7.31. The number of nitrogens with two attached hydrogens (primary N) is 1. The summed E-state index contributed by atoms with van der Waals surface area (Å²) in [6.45, 7) is 4.71. The van der Waals surface area contributed by atoms with E-state index in [9.17, 15) is 18.0 Å². The average molecular weight is 316 g/mol. The Bertz CT molecular complexity index is 645. The number of anilines is 1. The highest BCUT2D eigenvalue weighted by Gasteiger charge is 2.31. The second kappa shape index (κ2) is 5.70. The van der Waals surface area contributed by atoms with E-state index in [1.54, 1.807) is 20.8 Å². The number of carbonyl (C=O) groups excluding carboxylic acids is 1. The van der Waals surface area contributed by atoms with Crippen molar-refractivity contribution in [2.75, 3.05) is 4.31 Å². The van der Waals surface area contributed by atoms with Crippen LogP contribution in [0.15, 0.2) is 24.3 Å². The lowest BCUT2D eigenvalue weighted by molar-refractivity contribution is 0.0608. The highest BCUT2D eigenvalue weighted by Crippen LogP contribution is 2.21. The van der Waals surface area contributed by atoms with Crippen LogP contribution in [0, 0.1) is 0 Å². The molecule has 0 unspecified atom stereocenters. The van der Waals surface area contributed by atoms with Crippen molar-refractivity contribution >= 4 is 28.0 Å². The molecule has 1 aromatic carbocycles. The third-order valence-electron chi connectivity index (χ3n) is 2.16. The molecule has 116 valence electrons. The van der Waals surface area contributed by atoms with E-state index in [1.165, 1.54) is 0 Å². The largest absolute Gasteiger partial charge is 0.478 e. The maximum Gasteiger partial charge on any atom is 0.429 e. The predicted octanol–water partition coefficient (Wildman–Crippen LogP) is 1.33. The van der Waals surface area contributed by atoms with Crippen molar-refractivity contribution in [1.82, 2.24) is 0 Å². The molecule has 0 bridgehead atoms. The summed E-state index contributed by atoms with van der Waals surface area (Å²) in [6, 6.07) is 4.61. The number of rotatable bonds is 3. The van der Waals surface area contributed by atoms with Crippen LogP contribution in [0.5, 0.6) is 0 Å². The molecule has 1 rings (SSSR count). The Morgan fingerprint density at radius 2 is 1.67 bits per heavy atom. The number of hydrogen-bond donors (Lipinski definition) is 2. The van der Waals surface area contributed by atoms with Crippen LogP contribution < -0.4 is 9.44 Å². The third kappa shape index (κ3) is 4.72. The fraction of sp³-hybridized carbons (Fsp3) is 0.333. The van der Waals surface area contributed by atoms with Crippen molar-refractivity contribution in [2.45, 2.75) is 26.4 Å². The van der Waals surface area contributed by atoms with Gasteiger partial charge in [0, 0.05) is 0 Å². The predicted molar refractivity (Wildman–Crippen MR) is 75.2 cm³/mol. The summed E-state index contributed by atoms with van der Waals surface area (Å²) in [7, 11) is -4.41. The first kappa shape index (κ1) is 16.9. The third-order valence-corrected chi connectivity index (χ3v) is 3.03. The van der Waals surface area contributed by atoms with E-state index >= 15 is 0 Å². The first-order valence-electron chi connectivity index (χ1n) is 5.81. The van der Waals surface area contributed by atoms with Gasteiger partial charge in [0.05, 0.1) is 11.3 Å². The van der Waals surface area contributed by atoms with Gasteiger partial charge in [-0.3, -0.25) is 0 Å². The fourth-order valence-corrected chi connectivity index (χ4v) is 2.06. The van der Waals surface area contributed by atoms with E-state index in [-0.39, 0.29) is 15.6 Å². The van der Waals surface area contributed by atoms with Gasteiger partial charge in [-0.15, -0.1) is 0 Å². The van der Waals surface area contributed by atoms with Crippen LogP contribution >= 0.6 is 0 Å². The van der Waals surface area contributed by atoms with E-state index < -0.39 is 27.9 Å². The quantitative estimate of drug-likeness (QED) is 0.866. The molecule has 0 saturated heterocycles. The number of aromatic carboxylic acids is 1. The van der Waals surface area contributed by atoms with Crippen molar-refractivity contribution < 1.29 is 27.9 Å². The van der Waals surface area contributed by atoms with Gasteiger partial charge in [-0.1, -0.05) is 0 Å². The number of hydrogen-bond acceptors (Lipinski definition) is 5. The zero-order valence-electron chi connectivity index (χ0n) is 11.7. The van der Waals surface area contributed by atoms with Gasteiger partial charge in [0.2, 0.25) is 0 Å². The summed E-state index contributed by atoms with van der Waals surface area (Å²) < 4.78 is 28.4. The topological polar surface area (TPSA) is 127 Å². The molecule has 0 aliphatic carbocycles. The fourth-order valence-electron chi connectivity index (χ4n) is 1.40. The molecule has 0 fully saturated rings. The Morgan fingerprint density at radius 3 is 2.00 bits per heavy atom. The van der Waals surface area contributed by atoms with Gasteiger partial charge in [0.15, 0.2) is 0 Å². The lowest BCUT2D eigenvalue weighted by Gasteiger charge is -2.25. The van der Waals surface area contributed by atoms with Crippen LogP contribution in [0.25, 0.3) is 0 Å². The molecule has 1 aromatic rings. The number of nitrogens with zero attached hydrogens (tertiary/aromatic N) is 1. The summed E-state index contributed by atoms with van der Waals surface area (Å²) in [5, 5.41) is 13.8. The average Bonchev–Trinajstić information content (AvgIpc) is 2.25. The van der Waals surface area contributed by atoms with Gasteiger partial charge in [-0.2, -0.15) is 12.7 Å². The van der Waals surface area contributed by atoms with Gasteiger partial charge in [0.25, 0.3) is 0 Å². The van der Waals surface area contributed by atoms with Gasteiger partial charge in [-0.05, 0) is 45.0 Å². The van der Waals surface area contributed by atoms with Crippen LogP contribution in [0.1, 0.15) is 31.1 Å². The van der Waals surface area contributed by atoms with Crippen molar-refractivity contribution in [1.29, 1.82) is 0 Å². The van der Waals surface area contributed by atoms with Crippen molar-refractivity contribution in [3.05, 3.63) is 29.8 Å². The Labute approximate surface area is 122 Å². The van der Waals surface area contributed by atoms with Crippen LogP contribution in [-0.4, -0.2) is 31.2 Å². The zero-order chi connectivity index (χ0) is 16.4. The molecular weight excluding hydrogens is 300 g/mol. The summed E-state index contributed by atoms with van der Waals surface area (Å²) in [5.41, 5.74) is -1.09. The van der Waals surface area contributed by atoms with Crippen molar-refractivity contribution in [3.63, 3.8) is 0 Å². The zero-order valence-corrected chi connectivity index (χ0v) is 12.5. The summed E-state index contributed by atoms with van der Waals surface area (Å²) in [6.07, 6.45) is -1.17. The Morgan fingerprint density at radius 1 is 1.19 bits per heavy atom. The second-order valence-corrected chi connectivity index (χ2v) is 6.54. The molecule has 0 spiro atoms. The Kier molecular flexibility index (Phi) is 4.59. The van der Waals surface area contributed by atoms with Crippen LogP contribution in [0.2, 0.25) is 0 Å². The van der Waals surface area contributed by atoms with E-state index in [1.807, 2.05) is 0 Å². The van der Waals surface area contributed by atoms with E-state index in [4.69, 9.17) is 15.0 Å². The number of carboxylic acids is 1. The molecule has 9 heteroatoms. The van der Waals surface area contributed by atoms with E-state index in [0.29, 0.717) is 0 Å². The molecule has 0 radical (unpaired) electrons. The molecule has 0 atom stereocenters. The maximum absolute atomic E-state index is 12.0. The first-order chi connectivity index (χ1) is 9.42. The van der Waals surface area contributed by atoms with Crippen molar-refractivity contribution in [3.8, 4) is 0 Å². The highest BCUT2D eigenvalue weighted by atomic mass is 32.2. The van der Waals surface area contributed by atoms with Gasteiger partial charge < -0.3 is 9.84 Å². The maximum atomic E-state index is 12.0. The number of benzene rings is 1. The van der Waals surface area contributed by atoms with Crippen LogP contribution in [0.3, 0.4) is 0 Å². The molecule has 0 aliphatic heterocycles. The number of ether oxygens (including phenoxy) is 1. The Balaban J connectivity index is 3.21. The van der Waals surface area contributed by atoms with Gasteiger partial charge in [-0.25, -0.2) is 14.7 Å². The summed E-state index contributed by atoms with van der Waals surface area (Å²) in [4.78, 5) is 22.7. The molecule has 3 N–H and O–H groups in total. The number of carboxylic acid groups (broad SMARTS) is 1. The molecule has 0 aliphatic rings. The smallest absolute Gasteiger partial charge is 0.429 e. The summed E-state index contributed by atoms with van der Waals surface area (Å²) in [5.74, 6) is -1.18. The molecule has 21 heavy (non-hydrogen) atoms. The molecule has 0 heterocycles. The standard InChI is InChI=1S/C12H16N2O6S/c1-12(2,3)20-11(17)14(21(13,18)19)9-6-4-8(5-7-9)10(15)16/h4-7H,1-3H3,(H,15,16)(H2,13,18,19). The second-order valence-electron chi connectivity index (χ2n) is 5.14. The highest BCUT2D eigenvalue weighted by molar-refractivity contribution is 7.91. The monoisotopic (exact) mass is 316 g/mol. The summed E-state index contributed by atoms with van der Waals surface area (Å²) >= 11 is 0. The SMILES string of the molecule is CC(C)(C)OC(=O)N(c1ccc(C(=O)O)cc1)S(N)(=O)=O. The molecule has 0 aromatic heterocycles. The van der Waals surface area contributed by atoms with E-state index in [0.717, 1.165) is 24.3 Å². The van der Waals surface area contributed by atoms with Gasteiger partial charge in [0.1, 0.15) is 5.60 Å². The molecular formula is C12H16N2O6S. The van der Waals surface area contributed by atoms with E-state index in [2.05, 4.69) is 0 Å². The molecule has 0 saturated carbocycles. The minimum Gasteiger partial charge on any atom is -0.478 e. The normalized spacial score (nSPS) is 11.8. The minimum absolute atomic E-state index is 0.0580. The lowest BCUT2D eigenvalue weighted by Crippen LogP contribution is -2.44.